The summed E-state index contributed by atoms with van der Waals surface area (Å²) in [5.41, 5.74) is 2.29. The van der Waals surface area contributed by atoms with E-state index in [1.165, 1.54) is 79.5 Å². The molecule has 13 heteroatoms. The molecule has 0 saturated heterocycles. The van der Waals surface area contributed by atoms with Crippen LogP contribution >= 0.6 is 11.3 Å². The molecule has 5 aromatic rings. The van der Waals surface area contributed by atoms with Crippen molar-refractivity contribution in [3.05, 3.63) is 102 Å². The van der Waals surface area contributed by atoms with Crippen LogP contribution in [0.2, 0.25) is 0 Å². The number of carbonyl (C=O) groups is 1. The Labute approximate surface area is 271 Å². The van der Waals surface area contributed by atoms with Gasteiger partial charge in [-0.1, -0.05) is 41.7 Å². The van der Waals surface area contributed by atoms with E-state index in [1.807, 2.05) is 36.4 Å². The minimum Gasteiger partial charge on any atom is -0.497 e. The van der Waals surface area contributed by atoms with Gasteiger partial charge in [0, 0.05) is 24.7 Å². The molecule has 0 N–H and O–H groups in total. The molecule has 0 radical (unpaired) electrons. The summed E-state index contributed by atoms with van der Waals surface area (Å²) in [6, 6.07) is 23.8. The van der Waals surface area contributed by atoms with Gasteiger partial charge in [-0.05, 0) is 60.2 Å². The highest BCUT2D eigenvalue weighted by molar-refractivity contribution is 7.89. The summed E-state index contributed by atoms with van der Waals surface area (Å²) >= 11 is 1.25. The van der Waals surface area contributed by atoms with Crippen molar-refractivity contribution in [2.45, 2.75) is 11.4 Å². The monoisotopic (exact) mass is 660 g/mol. The summed E-state index contributed by atoms with van der Waals surface area (Å²) in [6.07, 6.45) is 1.48. The Balaban J connectivity index is 1.49. The number of ether oxygens (including phenoxy) is 4. The Morgan fingerprint density at radius 1 is 0.870 bits per heavy atom. The lowest BCUT2D eigenvalue weighted by molar-refractivity contribution is 0.0987. The molecule has 0 fully saturated rings. The fraction of sp³-hybridized carbons (Fsp3) is 0.182. The second kappa shape index (κ2) is 14.0. The lowest BCUT2D eigenvalue weighted by Gasteiger charge is -2.18. The molecule has 1 heterocycles. The van der Waals surface area contributed by atoms with Gasteiger partial charge in [0.15, 0.2) is 11.5 Å². The SMILES string of the molecule is COc1ccc2nc(N(/N=C/c3cc(OC)c(OC)c(OC)c3)C(=O)c3ccc(S(=O)(=O)N(C)Cc4ccccc4)cc3)sc2c1. The second-order valence-corrected chi connectivity index (χ2v) is 13.0. The minimum atomic E-state index is -3.82. The quantitative estimate of drug-likeness (QED) is 0.121. The number of benzene rings is 4. The molecule has 0 unspecified atom stereocenters. The topological polar surface area (TPSA) is 120 Å². The van der Waals surface area contributed by atoms with Crippen molar-refractivity contribution < 1.29 is 32.2 Å². The third-order valence-electron chi connectivity index (χ3n) is 7.02. The van der Waals surface area contributed by atoms with Crippen molar-refractivity contribution in [1.82, 2.24) is 9.29 Å². The summed E-state index contributed by atoms with van der Waals surface area (Å²) in [7, 11) is 3.79. The molecule has 1 amide bonds. The van der Waals surface area contributed by atoms with E-state index in [1.54, 1.807) is 31.4 Å². The van der Waals surface area contributed by atoms with E-state index >= 15 is 0 Å². The number of hydrazone groups is 1. The molecule has 0 aliphatic carbocycles. The van der Waals surface area contributed by atoms with E-state index < -0.39 is 15.9 Å². The summed E-state index contributed by atoms with van der Waals surface area (Å²) in [6.45, 7) is 0.204. The third kappa shape index (κ3) is 6.81. The zero-order valence-corrected chi connectivity index (χ0v) is 27.5. The fourth-order valence-corrected chi connectivity index (χ4v) is 6.71. The van der Waals surface area contributed by atoms with Gasteiger partial charge in [-0.3, -0.25) is 4.79 Å². The van der Waals surface area contributed by atoms with E-state index in [9.17, 15) is 13.2 Å². The Morgan fingerprint density at radius 2 is 1.54 bits per heavy atom. The number of hydrogen-bond donors (Lipinski definition) is 0. The third-order valence-corrected chi connectivity index (χ3v) is 9.84. The van der Waals surface area contributed by atoms with Gasteiger partial charge in [-0.2, -0.15) is 14.4 Å². The minimum absolute atomic E-state index is 0.0574. The molecule has 4 aromatic carbocycles. The van der Waals surface area contributed by atoms with Crippen molar-refractivity contribution in [2.75, 3.05) is 40.5 Å². The maximum atomic E-state index is 14.0. The molecule has 5 rings (SSSR count). The Kier molecular flexibility index (Phi) is 9.85. The van der Waals surface area contributed by atoms with Gasteiger partial charge in [-0.15, -0.1) is 0 Å². The standard InChI is InChI=1S/C33H32N4O7S2/c1-36(21-22-9-7-6-8-10-22)46(39,40)26-14-11-24(12-15-26)32(38)37(33-35-27-16-13-25(41-2)19-30(27)45-33)34-20-23-17-28(42-3)31(44-5)29(18-23)43-4/h6-20H,21H2,1-5H3/b34-20+. The first-order chi connectivity index (χ1) is 22.2. The highest BCUT2D eigenvalue weighted by atomic mass is 32.2. The van der Waals surface area contributed by atoms with Crippen molar-refractivity contribution in [1.29, 1.82) is 0 Å². The number of carbonyl (C=O) groups excluding carboxylic acids is 1. The average Bonchev–Trinajstić information content (AvgIpc) is 3.51. The van der Waals surface area contributed by atoms with Crippen LogP contribution in [0, 0.1) is 0 Å². The molecule has 46 heavy (non-hydrogen) atoms. The van der Waals surface area contributed by atoms with E-state index in [2.05, 4.69) is 10.1 Å². The Bertz CT molecular complexity index is 1950. The highest BCUT2D eigenvalue weighted by Crippen LogP contribution is 2.38. The molecule has 1 aromatic heterocycles. The first kappa shape index (κ1) is 32.4. The summed E-state index contributed by atoms with van der Waals surface area (Å²) in [5, 5.41) is 6.00. The molecule has 0 aliphatic rings. The fourth-order valence-electron chi connectivity index (χ4n) is 4.60. The van der Waals surface area contributed by atoms with Crippen LogP contribution in [0.1, 0.15) is 21.5 Å². The summed E-state index contributed by atoms with van der Waals surface area (Å²) in [5.74, 6) is 1.39. The number of aromatic nitrogens is 1. The van der Waals surface area contributed by atoms with Crippen LogP contribution in [0.15, 0.2) is 94.9 Å². The molecule has 0 saturated carbocycles. The molecule has 238 valence electrons. The molecule has 0 spiro atoms. The summed E-state index contributed by atoms with van der Waals surface area (Å²) in [4.78, 5) is 18.7. The van der Waals surface area contributed by atoms with Crippen LogP contribution < -0.4 is 24.0 Å². The van der Waals surface area contributed by atoms with Crippen molar-refractivity contribution in [3.8, 4) is 23.0 Å². The van der Waals surface area contributed by atoms with Crippen molar-refractivity contribution in [2.24, 2.45) is 5.10 Å². The number of hydrogen-bond acceptors (Lipinski definition) is 10. The van der Waals surface area contributed by atoms with Crippen molar-refractivity contribution in [3.63, 3.8) is 0 Å². The van der Waals surface area contributed by atoms with Gasteiger partial charge < -0.3 is 18.9 Å². The van der Waals surface area contributed by atoms with Gasteiger partial charge in [0.25, 0.3) is 5.91 Å². The Morgan fingerprint density at radius 3 is 2.15 bits per heavy atom. The maximum Gasteiger partial charge on any atom is 0.280 e. The number of rotatable bonds is 12. The van der Waals surface area contributed by atoms with Gasteiger partial charge in [0.05, 0.1) is 49.8 Å². The molecule has 0 atom stereocenters. The maximum absolute atomic E-state index is 14.0. The first-order valence-corrected chi connectivity index (χ1v) is 16.2. The van der Waals surface area contributed by atoms with Crippen LogP contribution in [-0.4, -0.2) is 65.3 Å². The number of sulfonamides is 1. The average molecular weight is 661 g/mol. The van der Waals surface area contributed by atoms with E-state index in [-0.39, 0.29) is 17.0 Å². The van der Waals surface area contributed by atoms with Crippen LogP contribution in [0.25, 0.3) is 10.2 Å². The molecule has 0 bridgehead atoms. The molecular formula is C33H32N4O7S2. The first-order valence-electron chi connectivity index (χ1n) is 13.9. The smallest absolute Gasteiger partial charge is 0.280 e. The number of fused-ring (bicyclic) bond motifs is 1. The highest BCUT2D eigenvalue weighted by Gasteiger charge is 2.25. The lowest BCUT2D eigenvalue weighted by Crippen LogP contribution is -2.27. The molecule has 0 aliphatic heterocycles. The number of methoxy groups -OCH3 is 4. The van der Waals surface area contributed by atoms with Gasteiger partial charge >= 0.3 is 0 Å². The number of nitrogens with zero attached hydrogens (tertiary/aromatic N) is 4. The van der Waals surface area contributed by atoms with Gasteiger partial charge in [-0.25, -0.2) is 13.4 Å². The van der Waals surface area contributed by atoms with Crippen molar-refractivity contribution >= 4 is 48.8 Å². The largest absolute Gasteiger partial charge is 0.497 e. The van der Waals surface area contributed by atoms with E-state index in [4.69, 9.17) is 18.9 Å². The van der Waals surface area contributed by atoms with Crippen LogP contribution in [0.4, 0.5) is 5.13 Å². The normalized spacial score (nSPS) is 11.6. The van der Waals surface area contributed by atoms with Gasteiger partial charge in [0.1, 0.15) is 5.75 Å². The van der Waals surface area contributed by atoms with Crippen LogP contribution in [0.3, 0.4) is 0 Å². The number of thiazole rings is 1. The summed E-state index contributed by atoms with van der Waals surface area (Å²) < 4.78 is 50.3. The predicted molar refractivity (Wildman–Crippen MR) is 178 cm³/mol. The zero-order valence-electron chi connectivity index (χ0n) is 25.8. The van der Waals surface area contributed by atoms with Crippen LogP contribution in [0.5, 0.6) is 23.0 Å². The Hall–Kier alpha value is -4.98. The predicted octanol–water partition coefficient (Wildman–Crippen LogP) is 5.83. The zero-order chi connectivity index (χ0) is 32.8. The molecular weight excluding hydrogens is 629 g/mol. The lowest BCUT2D eigenvalue weighted by atomic mass is 10.2. The van der Waals surface area contributed by atoms with E-state index in [0.29, 0.717) is 39.2 Å². The van der Waals surface area contributed by atoms with Gasteiger partial charge in [0.2, 0.25) is 20.9 Å². The molecule has 11 nitrogen and oxygen atoms in total. The van der Waals surface area contributed by atoms with Crippen LogP contribution in [-0.2, 0) is 16.6 Å². The van der Waals surface area contributed by atoms with E-state index in [0.717, 1.165) is 10.3 Å². The second-order valence-electron chi connectivity index (χ2n) is 9.92. The number of amides is 1. The number of anilines is 1.